The molecule has 0 fully saturated rings. The number of esters is 1. The summed E-state index contributed by atoms with van der Waals surface area (Å²) in [4.78, 5) is 51.1. The van der Waals surface area contributed by atoms with Gasteiger partial charge in [-0.2, -0.15) is 0 Å². The van der Waals surface area contributed by atoms with Crippen LogP contribution in [-0.4, -0.2) is 29.2 Å². The van der Waals surface area contributed by atoms with Gasteiger partial charge in [0.05, 0.1) is 28.5 Å². The number of non-ortho nitro benzene ring substituents is 1. The van der Waals surface area contributed by atoms with Crippen molar-refractivity contribution in [2.45, 2.75) is 19.3 Å². The molecule has 2 heterocycles. The normalized spacial score (nSPS) is 20.6. The van der Waals surface area contributed by atoms with Gasteiger partial charge in [0, 0.05) is 40.1 Å². The molecule has 2 N–H and O–H groups in total. The first-order chi connectivity index (χ1) is 15.3. The second-order valence-electron chi connectivity index (χ2n) is 7.66. The van der Waals surface area contributed by atoms with Gasteiger partial charge in [0.1, 0.15) is 5.41 Å². The summed E-state index contributed by atoms with van der Waals surface area (Å²) < 4.78 is 5.27. The van der Waals surface area contributed by atoms with Gasteiger partial charge in [-0.1, -0.05) is 24.3 Å². The van der Waals surface area contributed by atoms with Gasteiger partial charge in [0.2, 0.25) is 5.91 Å². The van der Waals surface area contributed by atoms with Crippen molar-refractivity contribution < 1.29 is 24.0 Å². The minimum Gasteiger partial charge on any atom is -0.463 e. The third kappa shape index (κ3) is 2.30. The third-order valence-electron chi connectivity index (χ3n) is 6.04. The van der Waals surface area contributed by atoms with Gasteiger partial charge >= 0.3 is 5.97 Å². The lowest BCUT2D eigenvalue weighted by Crippen LogP contribution is -2.48. The first kappa shape index (κ1) is 19.7. The van der Waals surface area contributed by atoms with Crippen molar-refractivity contribution in [2.75, 3.05) is 11.9 Å². The molecule has 9 heteroatoms. The summed E-state index contributed by atoms with van der Waals surface area (Å²) in [6.07, 6.45) is 0. The van der Waals surface area contributed by atoms with E-state index in [1.807, 2.05) is 0 Å². The van der Waals surface area contributed by atoms with E-state index in [0.717, 1.165) is 0 Å². The van der Waals surface area contributed by atoms with Crippen LogP contribution < -0.4 is 10.6 Å². The number of nitrogens with zero attached hydrogens (tertiary/aromatic N) is 1. The van der Waals surface area contributed by atoms with E-state index in [0.29, 0.717) is 28.1 Å². The topological polar surface area (TPSA) is 128 Å². The van der Waals surface area contributed by atoms with Crippen molar-refractivity contribution in [3.8, 4) is 0 Å². The van der Waals surface area contributed by atoms with E-state index < -0.39 is 28.0 Å². The Hall–Kier alpha value is -4.27. The fraction of sp³-hybridized carbons (Fsp3) is 0.174. The Labute approximate surface area is 181 Å². The summed E-state index contributed by atoms with van der Waals surface area (Å²) in [5, 5.41) is 17.1. The number of hydrogen-bond acceptors (Lipinski definition) is 7. The number of ether oxygens (including phenoxy) is 1. The molecule has 0 bridgehead atoms. The number of benzene rings is 2. The van der Waals surface area contributed by atoms with Crippen molar-refractivity contribution >= 4 is 34.7 Å². The standard InChI is InChI=1S/C23H17N3O6/c1-3-32-21(28)17-11(2)24-19-13-6-4-5-7-14(13)20(27)18(19)23(17)15-9-8-12(26(30)31)10-16(15)25-22(23)29/h4-10,24H,3H2,1-2H3,(H,25,29). The van der Waals surface area contributed by atoms with E-state index in [1.165, 1.54) is 18.2 Å². The lowest BCUT2D eigenvalue weighted by Gasteiger charge is -2.36. The molecule has 160 valence electrons. The summed E-state index contributed by atoms with van der Waals surface area (Å²) in [6, 6.07) is 10.8. The number of fused-ring (bicyclic) bond motifs is 5. The number of amides is 1. The van der Waals surface area contributed by atoms with Crippen molar-refractivity contribution in [1.29, 1.82) is 0 Å². The molecule has 1 unspecified atom stereocenters. The number of Topliss-reactive ketones (excluding diaryl/α,β-unsaturated/α-hetero) is 1. The van der Waals surface area contributed by atoms with Crippen molar-refractivity contribution in [1.82, 2.24) is 5.32 Å². The smallest absolute Gasteiger partial charge is 0.337 e. The van der Waals surface area contributed by atoms with Crippen LogP contribution in [0, 0.1) is 10.1 Å². The molecule has 3 aliphatic rings. The summed E-state index contributed by atoms with van der Waals surface area (Å²) in [5.41, 5.74) is 0.401. The van der Waals surface area contributed by atoms with Crippen molar-refractivity contribution in [3.63, 3.8) is 0 Å². The van der Waals surface area contributed by atoms with Crippen LogP contribution in [0.2, 0.25) is 0 Å². The third-order valence-corrected chi connectivity index (χ3v) is 6.04. The van der Waals surface area contributed by atoms with Gasteiger partial charge in [0.25, 0.3) is 5.69 Å². The molecule has 0 saturated carbocycles. The van der Waals surface area contributed by atoms with E-state index in [1.54, 1.807) is 38.1 Å². The largest absolute Gasteiger partial charge is 0.463 e. The molecule has 32 heavy (non-hydrogen) atoms. The maximum absolute atomic E-state index is 13.7. The number of anilines is 1. The fourth-order valence-electron chi connectivity index (χ4n) is 4.85. The highest BCUT2D eigenvalue weighted by Crippen LogP contribution is 2.56. The van der Waals surface area contributed by atoms with Crippen LogP contribution in [-0.2, 0) is 19.7 Å². The van der Waals surface area contributed by atoms with Gasteiger partial charge in [0.15, 0.2) is 5.78 Å². The molecule has 2 aliphatic heterocycles. The number of dihydropyridines is 1. The fourth-order valence-corrected chi connectivity index (χ4v) is 4.85. The highest BCUT2D eigenvalue weighted by atomic mass is 16.6. The second-order valence-corrected chi connectivity index (χ2v) is 7.66. The summed E-state index contributed by atoms with van der Waals surface area (Å²) in [6.45, 7) is 3.35. The van der Waals surface area contributed by atoms with Crippen molar-refractivity contribution in [2.24, 2.45) is 0 Å². The Morgan fingerprint density at radius 3 is 2.53 bits per heavy atom. The molecular weight excluding hydrogens is 414 g/mol. The zero-order valence-electron chi connectivity index (χ0n) is 17.1. The predicted octanol–water partition coefficient (Wildman–Crippen LogP) is 2.83. The number of nitrogens with one attached hydrogen (secondary N) is 2. The molecule has 0 saturated heterocycles. The minimum absolute atomic E-state index is 0.00985. The lowest BCUT2D eigenvalue weighted by atomic mass is 9.66. The van der Waals surface area contributed by atoms with E-state index in [-0.39, 0.29) is 29.1 Å². The number of carbonyl (C=O) groups is 3. The van der Waals surface area contributed by atoms with Crippen LogP contribution >= 0.6 is 0 Å². The van der Waals surface area contributed by atoms with E-state index in [2.05, 4.69) is 10.6 Å². The summed E-state index contributed by atoms with van der Waals surface area (Å²) >= 11 is 0. The first-order valence-corrected chi connectivity index (χ1v) is 9.97. The Morgan fingerprint density at radius 2 is 1.84 bits per heavy atom. The Morgan fingerprint density at radius 1 is 1.12 bits per heavy atom. The maximum Gasteiger partial charge on any atom is 0.337 e. The molecule has 1 aliphatic carbocycles. The van der Waals surface area contributed by atoms with Gasteiger partial charge in [-0.3, -0.25) is 19.7 Å². The van der Waals surface area contributed by atoms with Crippen molar-refractivity contribution in [3.05, 3.63) is 86.1 Å². The van der Waals surface area contributed by atoms with Crippen LogP contribution in [0.1, 0.15) is 35.3 Å². The van der Waals surface area contributed by atoms with Gasteiger partial charge in [-0.15, -0.1) is 0 Å². The number of hydrogen-bond donors (Lipinski definition) is 2. The highest BCUT2D eigenvalue weighted by molar-refractivity contribution is 6.31. The molecular formula is C23H17N3O6. The number of ketones is 1. The number of carbonyl (C=O) groups excluding carboxylic acids is 3. The lowest BCUT2D eigenvalue weighted by molar-refractivity contribution is -0.384. The van der Waals surface area contributed by atoms with Crippen LogP contribution in [0.25, 0.3) is 5.70 Å². The summed E-state index contributed by atoms with van der Waals surface area (Å²) in [5.74, 6) is -1.77. The zero-order chi connectivity index (χ0) is 22.8. The molecule has 1 amide bonds. The van der Waals surface area contributed by atoms with Crippen LogP contribution in [0.4, 0.5) is 11.4 Å². The van der Waals surface area contributed by atoms with Gasteiger partial charge in [-0.05, 0) is 19.9 Å². The Bertz CT molecular complexity index is 1340. The number of nitro benzene ring substituents is 1. The zero-order valence-corrected chi connectivity index (χ0v) is 17.1. The molecule has 2 aromatic carbocycles. The number of rotatable bonds is 3. The molecule has 0 radical (unpaired) electrons. The SMILES string of the molecule is CCOC(=O)C1=C(C)NC2=C(C(=O)c3ccccc32)C12C(=O)Nc1cc([N+](=O)[O-])ccc12. The van der Waals surface area contributed by atoms with Gasteiger partial charge in [-0.25, -0.2) is 4.79 Å². The quantitative estimate of drug-likeness (QED) is 0.434. The first-order valence-electron chi connectivity index (χ1n) is 9.97. The van der Waals surface area contributed by atoms with Crippen LogP contribution in [0.5, 0.6) is 0 Å². The minimum atomic E-state index is -1.79. The Kier molecular flexibility index (Phi) is 4.07. The molecule has 1 spiro atoms. The van der Waals surface area contributed by atoms with Gasteiger partial charge < -0.3 is 15.4 Å². The average molecular weight is 431 g/mol. The predicted molar refractivity (Wildman–Crippen MR) is 114 cm³/mol. The molecule has 5 rings (SSSR count). The van der Waals surface area contributed by atoms with E-state index in [4.69, 9.17) is 4.74 Å². The van der Waals surface area contributed by atoms with Crippen LogP contribution in [0.15, 0.2) is 59.3 Å². The second kappa shape index (κ2) is 6.61. The molecule has 0 aromatic heterocycles. The molecule has 1 atom stereocenters. The van der Waals surface area contributed by atoms with Crippen LogP contribution in [0.3, 0.4) is 0 Å². The van der Waals surface area contributed by atoms with E-state index >= 15 is 0 Å². The Balaban J connectivity index is 1.86. The monoisotopic (exact) mass is 431 g/mol. The average Bonchev–Trinajstić information content (AvgIpc) is 3.20. The van der Waals surface area contributed by atoms with E-state index in [9.17, 15) is 24.5 Å². The molecule has 2 aromatic rings. The summed E-state index contributed by atoms with van der Waals surface area (Å²) in [7, 11) is 0. The highest BCUT2D eigenvalue weighted by Gasteiger charge is 2.62. The number of nitro groups is 1. The maximum atomic E-state index is 13.7. The number of allylic oxidation sites excluding steroid dienone is 1. The molecule has 9 nitrogen and oxygen atoms in total.